The normalized spacial score (nSPS) is 16.8. The van der Waals surface area contributed by atoms with E-state index in [0.29, 0.717) is 0 Å². The summed E-state index contributed by atoms with van der Waals surface area (Å²) >= 11 is 0. The second-order valence-corrected chi connectivity index (χ2v) is 9.03. The maximum atomic E-state index is 6.99. The zero-order valence-electron chi connectivity index (χ0n) is 14.8. The molecule has 0 spiro atoms. The average Bonchev–Trinajstić information content (AvgIpc) is 2.61. The summed E-state index contributed by atoms with van der Waals surface area (Å²) in [5.74, 6) is 0. The van der Waals surface area contributed by atoms with Crippen molar-refractivity contribution < 1.29 is 4.43 Å². The molecule has 1 saturated carbocycles. The number of benzene rings is 2. The van der Waals surface area contributed by atoms with Gasteiger partial charge < -0.3 is 4.43 Å². The lowest BCUT2D eigenvalue weighted by molar-refractivity contribution is 0.0796. The fourth-order valence-corrected chi connectivity index (χ4v) is 5.85. The Kier molecular flexibility index (Phi) is 5.70. The molecular formula is C22H27OSi. The van der Waals surface area contributed by atoms with E-state index < -0.39 is 9.04 Å². The third kappa shape index (κ3) is 4.25. The Labute approximate surface area is 148 Å². The van der Waals surface area contributed by atoms with Crippen molar-refractivity contribution in [1.82, 2.24) is 0 Å². The summed E-state index contributed by atoms with van der Waals surface area (Å²) in [7, 11) is -1.25. The average molecular weight is 336 g/mol. The van der Waals surface area contributed by atoms with Gasteiger partial charge in [0.2, 0.25) is 0 Å². The molecule has 2 heteroatoms. The van der Waals surface area contributed by atoms with Gasteiger partial charge >= 0.3 is 0 Å². The predicted molar refractivity (Wildman–Crippen MR) is 104 cm³/mol. The highest BCUT2D eigenvalue weighted by molar-refractivity contribution is 6.80. The SMILES string of the molecule is CC(C)=CC1(O[Si](c2ccccc2)c2ccccc2)CCCCC1. The molecule has 0 heterocycles. The highest BCUT2D eigenvalue weighted by Crippen LogP contribution is 2.34. The van der Waals surface area contributed by atoms with Gasteiger partial charge in [0.15, 0.2) is 0 Å². The molecule has 0 aromatic heterocycles. The molecule has 0 amide bonds. The summed E-state index contributed by atoms with van der Waals surface area (Å²) in [6.07, 6.45) is 8.55. The fourth-order valence-electron chi connectivity index (χ4n) is 3.62. The molecule has 1 aliphatic rings. The minimum Gasteiger partial charge on any atom is -0.398 e. The molecule has 0 saturated heterocycles. The minimum atomic E-state index is -1.25. The third-order valence-corrected chi connectivity index (χ3v) is 6.95. The fraction of sp³-hybridized carbons (Fsp3) is 0.364. The van der Waals surface area contributed by atoms with Crippen molar-refractivity contribution in [3.63, 3.8) is 0 Å². The van der Waals surface area contributed by atoms with Gasteiger partial charge in [-0.2, -0.15) is 0 Å². The summed E-state index contributed by atoms with van der Waals surface area (Å²) in [5.41, 5.74) is 1.27. The molecule has 1 radical (unpaired) electrons. The Bertz CT molecular complexity index is 613. The Balaban J connectivity index is 1.97. The molecule has 3 rings (SSSR count). The monoisotopic (exact) mass is 335 g/mol. The van der Waals surface area contributed by atoms with Gasteiger partial charge in [0.25, 0.3) is 9.04 Å². The standard InChI is InChI=1S/C22H27OSi/c1-19(2)18-22(16-10-5-11-17-22)23-24(20-12-6-3-7-13-20)21-14-8-4-9-15-21/h3-4,6-9,12-15,18H,5,10-11,16-17H2,1-2H3. The third-order valence-electron chi connectivity index (χ3n) is 4.63. The van der Waals surface area contributed by atoms with Crippen LogP contribution in [-0.2, 0) is 4.43 Å². The van der Waals surface area contributed by atoms with Crippen LogP contribution in [0.5, 0.6) is 0 Å². The molecule has 1 nitrogen and oxygen atoms in total. The van der Waals surface area contributed by atoms with E-state index in [1.807, 2.05) is 0 Å². The molecule has 1 fully saturated rings. The first-order valence-electron chi connectivity index (χ1n) is 9.01. The lowest BCUT2D eigenvalue weighted by Gasteiger charge is -2.38. The molecule has 24 heavy (non-hydrogen) atoms. The van der Waals surface area contributed by atoms with Gasteiger partial charge in [-0.25, -0.2) is 0 Å². The lowest BCUT2D eigenvalue weighted by Crippen LogP contribution is -2.51. The summed E-state index contributed by atoms with van der Waals surface area (Å²) in [6.45, 7) is 4.38. The van der Waals surface area contributed by atoms with Crippen molar-refractivity contribution in [1.29, 1.82) is 0 Å². The van der Waals surface area contributed by atoms with Crippen LogP contribution in [0, 0.1) is 0 Å². The smallest absolute Gasteiger partial charge is 0.283 e. The number of hydrogen-bond acceptors (Lipinski definition) is 1. The maximum Gasteiger partial charge on any atom is 0.283 e. The van der Waals surface area contributed by atoms with Crippen LogP contribution in [0.15, 0.2) is 72.3 Å². The maximum absolute atomic E-state index is 6.99. The zero-order valence-corrected chi connectivity index (χ0v) is 15.8. The largest absolute Gasteiger partial charge is 0.398 e. The number of allylic oxidation sites excluding steroid dienone is 1. The second-order valence-electron chi connectivity index (χ2n) is 7.01. The zero-order chi connectivity index (χ0) is 16.8. The van der Waals surface area contributed by atoms with Crippen molar-refractivity contribution >= 4 is 19.4 Å². The van der Waals surface area contributed by atoms with E-state index in [2.05, 4.69) is 80.6 Å². The molecule has 0 atom stereocenters. The van der Waals surface area contributed by atoms with Gasteiger partial charge in [0.05, 0.1) is 5.60 Å². The summed E-state index contributed by atoms with van der Waals surface area (Å²) < 4.78 is 6.99. The van der Waals surface area contributed by atoms with Gasteiger partial charge in [0.1, 0.15) is 0 Å². The van der Waals surface area contributed by atoms with Crippen molar-refractivity contribution in [2.75, 3.05) is 0 Å². The van der Waals surface area contributed by atoms with Gasteiger partial charge in [0, 0.05) is 0 Å². The summed E-state index contributed by atoms with van der Waals surface area (Å²) in [4.78, 5) is 0. The van der Waals surface area contributed by atoms with E-state index in [1.54, 1.807) is 0 Å². The van der Waals surface area contributed by atoms with E-state index in [9.17, 15) is 0 Å². The topological polar surface area (TPSA) is 9.23 Å². The molecule has 2 aromatic rings. The van der Waals surface area contributed by atoms with Crippen LogP contribution >= 0.6 is 0 Å². The van der Waals surface area contributed by atoms with E-state index in [4.69, 9.17) is 4.43 Å². The van der Waals surface area contributed by atoms with E-state index >= 15 is 0 Å². The molecule has 0 bridgehead atoms. The quantitative estimate of drug-likeness (QED) is 0.578. The van der Waals surface area contributed by atoms with Gasteiger partial charge in [-0.15, -0.1) is 0 Å². The molecule has 0 aliphatic heterocycles. The molecule has 0 N–H and O–H groups in total. The molecule has 1 aliphatic carbocycles. The first kappa shape index (κ1) is 17.2. The minimum absolute atomic E-state index is 0.0862. The highest BCUT2D eigenvalue weighted by Gasteiger charge is 2.35. The van der Waals surface area contributed by atoms with E-state index in [1.165, 1.54) is 35.2 Å². The first-order chi connectivity index (χ1) is 11.7. The van der Waals surface area contributed by atoms with Gasteiger partial charge in [-0.05, 0) is 37.1 Å². The Morgan fingerprint density at radius 1 is 0.833 bits per heavy atom. The van der Waals surface area contributed by atoms with E-state index in [-0.39, 0.29) is 5.60 Å². The second kappa shape index (κ2) is 7.95. The Hall–Kier alpha value is -1.64. The molecule has 0 unspecified atom stereocenters. The number of rotatable bonds is 5. The Morgan fingerprint density at radius 2 is 1.33 bits per heavy atom. The first-order valence-corrected chi connectivity index (χ1v) is 10.4. The van der Waals surface area contributed by atoms with Gasteiger partial charge in [-0.1, -0.05) is 91.6 Å². The van der Waals surface area contributed by atoms with Crippen molar-refractivity contribution in [2.24, 2.45) is 0 Å². The molecule has 2 aromatic carbocycles. The van der Waals surface area contributed by atoms with Crippen LogP contribution in [0.2, 0.25) is 0 Å². The van der Waals surface area contributed by atoms with E-state index in [0.717, 1.165) is 12.8 Å². The highest BCUT2D eigenvalue weighted by atomic mass is 28.3. The van der Waals surface area contributed by atoms with Crippen LogP contribution in [0.3, 0.4) is 0 Å². The van der Waals surface area contributed by atoms with Crippen LogP contribution in [-0.4, -0.2) is 14.6 Å². The molecule has 125 valence electrons. The molecular weight excluding hydrogens is 308 g/mol. The van der Waals surface area contributed by atoms with Crippen LogP contribution in [0.25, 0.3) is 0 Å². The van der Waals surface area contributed by atoms with Crippen LogP contribution in [0.1, 0.15) is 46.0 Å². The predicted octanol–water partition coefficient (Wildman–Crippen LogP) is 4.48. The lowest BCUT2D eigenvalue weighted by atomic mass is 9.84. The number of hydrogen-bond donors (Lipinski definition) is 0. The van der Waals surface area contributed by atoms with Gasteiger partial charge in [-0.3, -0.25) is 0 Å². The van der Waals surface area contributed by atoms with Crippen molar-refractivity contribution in [3.05, 3.63) is 72.3 Å². The van der Waals surface area contributed by atoms with Crippen molar-refractivity contribution in [2.45, 2.75) is 51.6 Å². The summed E-state index contributed by atoms with van der Waals surface area (Å²) in [5, 5.41) is 2.67. The van der Waals surface area contributed by atoms with Crippen LogP contribution < -0.4 is 10.4 Å². The Morgan fingerprint density at radius 3 is 1.79 bits per heavy atom. The van der Waals surface area contributed by atoms with Crippen molar-refractivity contribution in [3.8, 4) is 0 Å². The van der Waals surface area contributed by atoms with Crippen LogP contribution in [0.4, 0.5) is 0 Å². The summed E-state index contributed by atoms with van der Waals surface area (Å²) in [6, 6.07) is 21.6.